The summed E-state index contributed by atoms with van der Waals surface area (Å²) >= 11 is 0. The van der Waals surface area contributed by atoms with Gasteiger partial charge in [0.05, 0.1) is 13.2 Å². The lowest BCUT2D eigenvalue weighted by molar-refractivity contribution is -0.0105. The monoisotopic (exact) mass is 214 g/mol. The first-order valence-electron chi connectivity index (χ1n) is 6.35. The Kier molecular flexibility index (Phi) is 6.22. The maximum absolute atomic E-state index is 5.55. The third kappa shape index (κ3) is 4.09. The summed E-state index contributed by atoms with van der Waals surface area (Å²) in [6, 6.07) is 0.643. The van der Waals surface area contributed by atoms with Crippen molar-refractivity contribution in [3.63, 3.8) is 0 Å². The quantitative estimate of drug-likeness (QED) is 0.665. The third-order valence-corrected chi connectivity index (χ3v) is 3.43. The van der Waals surface area contributed by atoms with Gasteiger partial charge in [0.2, 0.25) is 0 Å². The lowest BCUT2D eigenvalue weighted by atomic mass is 10.1. The predicted octanol–water partition coefficient (Wildman–Crippen LogP) is 1.44. The Morgan fingerprint density at radius 3 is 2.60 bits per heavy atom. The van der Waals surface area contributed by atoms with Gasteiger partial charge in [-0.3, -0.25) is 4.90 Å². The van der Waals surface area contributed by atoms with Crippen LogP contribution in [-0.4, -0.2) is 61.8 Å². The first-order valence-corrected chi connectivity index (χ1v) is 6.35. The molecule has 1 aliphatic heterocycles. The standard InChI is InChI=1S/C12H26N2O/c1-4-13(5-2)8-7-12-11-15-10-9-14(12)6-3/h12H,4-11H2,1-3H3. The molecule has 1 rings (SSSR count). The largest absolute Gasteiger partial charge is 0.378 e. The van der Waals surface area contributed by atoms with Crippen LogP contribution in [0.2, 0.25) is 0 Å². The van der Waals surface area contributed by atoms with E-state index in [1.807, 2.05) is 0 Å². The second-order valence-corrected chi connectivity index (χ2v) is 4.17. The van der Waals surface area contributed by atoms with Crippen molar-refractivity contribution in [3.8, 4) is 0 Å². The van der Waals surface area contributed by atoms with Crippen LogP contribution in [0.15, 0.2) is 0 Å². The number of hydrogen-bond acceptors (Lipinski definition) is 3. The van der Waals surface area contributed by atoms with Crippen LogP contribution in [0.1, 0.15) is 27.2 Å². The van der Waals surface area contributed by atoms with Crippen LogP contribution in [0.25, 0.3) is 0 Å². The zero-order valence-corrected chi connectivity index (χ0v) is 10.5. The molecule has 0 aromatic carbocycles. The summed E-state index contributed by atoms with van der Waals surface area (Å²) in [7, 11) is 0. The molecule has 3 nitrogen and oxygen atoms in total. The molecule has 1 heterocycles. The van der Waals surface area contributed by atoms with E-state index in [0.29, 0.717) is 6.04 Å². The molecule has 0 spiro atoms. The van der Waals surface area contributed by atoms with Crippen molar-refractivity contribution in [2.24, 2.45) is 0 Å². The van der Waals surface area contributed by atoms with Crippen LogP contribution in [0, 0.1) is 0 Å². The fraction of sp³-hybridized carbons (Fsp3) is 1.00. The van der Waals surface area contributed by atoms with Crippen LogP contribution < -0.4 is 0 Å². The molecular weight excluding hydrogens is 188 g/mol. The molecule has 15 heavy (non-hydrogen) atoms. The van der Waals surface area contributed by atoms with Crippen LogP contribution in [0.3, 0.4) is 0 Å². The van der Waals surface area contributed by atoms with E-state index < -0.39 is 0 Å². The second kappa shape index (κ2) is 7.20. The Balaban J connectivity index is 2.28. The van der Waals surface area contributed by atoms with Crippen molar-refractivity contribution < 1.29 is 4.74 Å². The molecule has 0 N–H and O–H groups in total. The van der Waals surface area contributed by atoms with Crippen LogP contribution in [-0.2, 0) is 4.74 Å². The normalized spacial score (nSPS) is 23.6. The molecule has 90 valence electrons. The first kappa shape index (κ1) is 12.9. The van der Waals surface area contributed by atoms with Gasteiger partial charge >= 0.3 is 0 Å². The molecule has 0 radical (unpaired) electrons. The molecular formula is C12H26N2O. The topological polar surface area (TPSA) is 15.7 Å². The van der Waals surface area contributed by atoms with E-state index >= 15 is 0 Å². The van der Waals surface area contributed by atoms with Gasteiger partial charge in [-0.2, -0.15) is 0 Å². The average molecular weight is 214 g/mol. The molecule has 0 aromatic rings. The lowest BCUT2D eigenvalue weighted by Crippen LogP contribution is -2.46. The third-order valence-electron chi connectivity index (χ3n) is 3.43. The van der Waals surface area contributed by atoms with E-state index in [4.69, 9.17) is 4.74 Å². The van der Waals surface area contributed by atoms with Gasteiger partial charge in [-0.25, -0.2) is 0 Å². The Morgan fingerprint density at radius 2 is 2.00 bits per heavy atom. The molecule has 0 aromatic heterocycles. The molecule has 0 bridgehead atoms. The Hall–Kier alpha value is -0.120. The van der Waals surface area contributed by atoms with E-state index in [2.05, 4.69) is 30.6 Å². The van der Waals surface area contributed by atoms with Gasteiger partial charge in [-0.1, -0.05) is 20.8 Å². The molecule has 0 saturated carbocycles. The Labute approximate surface area is 94.4 Å². The van der Waals surface area contributed by atoms with E-state index in [0.717, 1.165) is 39.4 Å². The van der Waals surface area contributed by atoms with Gasteiger partial charge in [0.15, 0.2) is 0 Å². The van der Waals surface area contributed by atoms with Crippen molar-refractivity contribution in [3.05, 3.63) is 0 Å². The number of ether oxygens (including phenoxy) is 1. The highest BCUT2D eigenvalue weighted by Gasteiger charge is 2.21. The van der Waals surface area contributed by atoms with E-state index in [9.17, 15) is 0 Å². The van der Waals surface area contributed by atoms with Gasteiger partial charge in [-0.15, -0.1) is 0 Å². The van der Waals surface area contributed by atoms with E-state index in [1.165, 1.54) is 13.0 Å². The van der Waals surface area contributed by atoms with Gasteiger partial charge in [0.25, 0.3) is 0 Å². The Bertz CT molecular complexity index is 160. The molecule has 1 fully saturated rings. The fourth-order valence-electron chi connectivity index (χ4n) is 2.24. The number of hydrogen-bond donors (Lipinski definition) is 0. The Morgan fingerprint density at radius 1 is 1.27 bits per heavy atom. The van der Waals surface area contributed by atoms with Crippen molar-refractivity contribution in [1.29, 1.82) is 0 Å². The van der Waals surface area contributed by atoms with Crippen molar-refractivity contribution in [1.82, 2.24) is 9.80 Å². The minimum atomic E-state index is 0.643. The maximum Gasteiger partial charge on any atom is 0.0622 e. The van der Waals surface area contributed by atoms with E-state index in [1.54, 1.807) is 0 Å². The predicted molar refractivity (Wildman–Crippen MR) is 64.3 cm³/mol. The molecule has 1 saturated heterocycles. The van der Waals surface area contributed by atoms with E-state index in [-0.39, 0.29) is 0 Å². The molecule has 1 unspecified atom stereocenters. The fourth-order valence-corrected chi connectivity index (χ4v) is 2.24. The summed E-state index contributed by atoms with van der Waals surface area (Å²) in [6.07, 6.45) is 1.25. The molecule has 3 heteroatoms. The second-order valence-electron chi connectivity index (χ2n) is 4.17. The smallest absolute Gasteiger partial charge is 0.0622 e. The number of nitrogens with zero attached hydrogens (tertiary/aromatic N) is 2. The van der Waals surface area contributed by atoms with Crippen molar-refractivity contribution in [2.45, 2.75) is 33.2 Å². The summed E-state index contributed by atoms with van der Waals surface area (Å²) in [4.78, 5) is 5.04. The van der Waals surface area contributed by atoms with Crippen LogP contribution >= 0.6 is 0 Å². The summed E-state index contributed by atoms with van der Waals surface area (Å²) in [5, 5.41) is 0. The maximum atomic E-state index is 5.55. The zero-order chi connectivity index (χ0) is 11.1. The highest BCUT2D eigenvalue weighted by atomic mass is 16.5. The molecule has 0 aliphatic carbocycles. The zero-order valence-electron chi connectivity index (χ0n) is 10.5. The van der Waals surface area contributed by atoms with Crippen LogP contribution in [0.4, 0.5) is 0 Å². The summed E-state index contributed by atoms with van der Waals surface area (Å²) in [6.45, 7) is 14.4. The van der Waals surface area contributed by atoms with Gasteiger partial charge < -0.3 is 9.64 Å². The van der Waals surface area contributed by atoms with Crippen LogP contribution in [0.5, 0.6) is 0 Å². The molecule has 0 amide bonds. The average Bonchev–Trinajstić information content (AvgIpc) is 2.31. The number of likely N-dealkylation sites (N-methyl/N-ethyl adjacent to an activating group) is 1. The van der Waals surface area contributed by atoms with Gasteiger partial charge in [0, 0.05) is 12.6 Å². The first-order chi connectivity index (χ1) is 7.31. The van der Waals surface area contributed by atoms with Crippen molar-refractivity contribution >= 4 is 0 Å². The highest BCUT2D eigenvalue weighted by molar-refractivity contribution is 4.75. The number of rotatable bonds is 6. The lowest BCUT2D eigenvalue weighted by Gasteiger charge is -2.35. The van der Waals surface area contributed by atoms with Crippen molar-refractivity contribution in [2.75, 3.05) is 45.9 Å². The summed E-state index contributed by atoms with van der Waals surface area (Å²) < 4.78 is 5.55. The highest BCUT2D eigenvalue weighted by Crippen LogP contribution is 2.10. The number of morpholine rings is 1. The summed E-state index contributed by atoms with van der Waals surface area (Å²) in [5.74, 6) is 0. The SMILES string of the molecule is CCN(CC)CCC1COCCN1CC. The minimum Gasteiger partial charge on any atom is -0.378 e. The van der Waals surface area contributed by atoms with Gasteiger partial charge in [-0.05, 0) is 32.6 Å². The summed E-state index contributed by atoms with van der Waals surface area (Å²) in [5.41, 5.74) is 0. The minimum absolute atomic E-state index is 0.643. The molecule has 1 aliphatic rings. The van der Waals surface area contributed by atoms with Gasteiger partial charge in [0.1, 0.15) is 0 Å². The molecule has 1 atom stereocenters.